The second-order valence-electron chi connectivity index (χ2n) is 10.5. The molecule has 0 spiro atoms. The van der Waals surface area contributed by atoms with Crippen molar-refractivity contribution in [3.63, 3.8) is 0 Å². The van der Waals surface area contributed by atoms with Crippen molar-refractivity contribution < 1.29 is 17.6 Å². The van der Waals surface area contributed by atoms with Crippen LogP contribution in [0.2, 0.25) is 18.1 Å². The average molecular weight is 477 g/mol. The molecule has 1 aliphatic carbocycles. The molecule has 0 nitrogen and oxygen atoms in total. The highest BCUT2D eigenvalue weighted by Gasteiger charge is 2.27. The number of hydrogen-bond donors (Lipinski definition) is 0. The van der Waals surface area contributed by atoms with Crippen molar-refractivity contribution in [3.05, 3.63) is 59.2 Å². The monoisotopic (exact) mass is 476 g/mol. The third-order valence-corrected chi connectivity index (χ3v) is 11.9. The van der Waals surface area contributed by atoms with Gasteiger partial charge in [-0.05, 0) is 78.8 Å². The van der Waals surface area contributed by atoms with E-state index in [-0.39, 0.29) is 17.0 Å². The molecular formula is C28H36F4Si. The van der Waals surface area contributed by atoms with Crippen molar-refractivity contribution in [1.82, 2.24) is 0 Å². The lowest BCUT2D eigenvalue weighted by Gasteiger charge is -2.32. The first kappa shape index (κ1) is 24.5. The standard InChI is InChI=1S/C28H36F4Si/c1-2-13-33-14-11-20(12-15-33)4-3-19-5-7-21(8-6-19)23-17-26(31)28(27(32)18-23)22-9-10-24(29)25(30)16-22/h9-10,16-21,33H,2-8,11-15H2,1H3/t19-,20-,21-,33-. The van der Waals surface area contributed by atoms with E-state index in [1.165, 1.54) is 56.3 Å². The molecule has 2 aliphatic rings. The minimum atomic E-state index is -1.11. The summed E-state index contributed by atoms with van der Waals surface area (Å²) in [4.78, 5) is 0. The van der Waals surface area contributed by atoms with Crippen LogP contribution in [-0.2, 0) is 0 Å². The van der Waals surface area contributed by atoms with Crippen LogP contribution in [0.3, 0.4) is 0 Å². The highest BCUT2D eigenvalue weighted by molar-refractivity contribution is 6.58. The Morgan fingerprint density at radius 2 is 1.33 bits per heavy atom. The molecule has 1 aliphatic heterocycles. The second kappa shape index (κ2) is 11.2. The Balaban J connectivity index is 1.30. The fourth-order valence-electron chi connectivity index (χ4n) is 6.23. The third-order valence-electron chi connectivity index (χ3n) is 8.24. The van der Waals surface area contributed by atoms with Gasteiger partial charge in [0.2, 0.25) is 0 Å². The summed E-state index contributed by atoms with van der Waals surface area (Å²) in [6.45, 7) is 2.32. The molecule has 0 atom stereocenters. The zero-order valence-electron chi connectivity index (χ0n) is 19.7. The number of benzene rings is 2. The molecule has 1 saturated heterocycles. The summed E-state index contributed by atoms with van der Waals surface area (Å²) >= 11 is 0. The summed E-state index contributed by atoms with van der Waals surface area (Å²) < 4.78 is 56.4. The highest BCUT2D eigenvalue weighted by Crippen LogP contribution is 2.41. The SMILES string of the molecule is CCC[Si@H]1CC[C@H](CC[C@H]2CC[C@H](c3cc(F)c(-c4ccc(F)c(F)c4)c(F)c3)CC2)CC1. The van der Waals surface area contributed by atoms with Crippen molar-refractivity contribution in [3.8, 4) is 11.1 Å². The summed E-state index contributed by atoms with van der Waals surface area (Å²) in [5.74, 6) is -1.72. The van der Waals surface area contributed by atoms with E-state index in [0.717, 1.165) is 49.7 Å². The molecule has 5 heteroatoms. The van der Waals surface area contributed by atoms with E-state index in [9.17, 15) is 17.6 Å². The second-order valence-corrected chi connectivity index (χ2v) is 13.9. The Morgan fingerprint density at radius 1 is 0.727 bits per heavy atom. The summed E-state index contributed by atoms with van der Waals surface area (Å²) in [6, 6.07) is 10.4. The van der Waals surface area contributed by atoms with Gasteiger partial charge in [0, 0.05) is 8.80 Å². The van der Waals surface area contributed by atoms with Crippen LogP contribution >= 0.6 is 0 Å². The van der Waals surface area contributed by atoms with Crippen molar-refractivity contribution in [2.45, 2.75) is 88.8 Å². The lowest BCUT2D eigenvalue weighted by molar-refractivity contribution is 0.279. The fourth-order valence-corrected chi connectivity index (χ4v) is 9.80. The summed E-state index contributed by atoms with van der Waals surface area (Å²) in [6.07, 6.45) is 11.1. The topological polar surface area (TPSA) is 0 Å². The van der Waals surface area contributed by atoms with E-state index in [4.69, 9.17) is 0 Å². The maximum atomic E-state index is 14.8. The van der Waals surface area contributed by atoms with Gasteiger partial charge in [0.1, 0.15) is 11.6 Å². The smallest absolute Gasteiger partial charge is 0.159 e. The molecule has 1 saturated carbocycles. The van der Waals surface area contributed by atoms with Gasteiger partial charge in [0.15, 0.2) is 11.6 Å². The van der Waals surface area contributed by atoms with Gasteiger partial charge in [-0.2, -0.15) is 0 Å². The Morgan fingerprint density at radius 3 is 1.91 bits per heavy atom. The number of hydrogen-bond acceptors (Lipinski definition) is 0. The maximum absolute atomic E-state index is 14.8. The largest absolute Gasteiger partial charge is 0.206 e. The van der Waals surface area contributed by atoms with E-state index in [2.05, 4.69) is 6.92 Å². The van der Waals surface area contributed by atoms with Gasteiger partial charge in [0.25, 0.3) is 0 Å². The molecule has 33 heavy (non-hydrogen) atoms. The predicted molar refractivity (Wildman–Crippen MR) is 130 cm³/mol. The lowest BCUT2D eigenvalue weighted by atomic mass is 9.76. The van der Waals surface area contributed by atoms with Crippen molar-refractivity contribution in [1.29, 1.82) is 0 Å². The van der Waals surface area contributed by atoms with Crippen LogP contribution in [0.25, 0.3) is 11.1 Å². The molecule has 2 fully saturated rings. The van der Waals surface area contributed by atoms with E-state index >= 15 is 0 Å². The first-order chi connectivity index (χ1) is 15.9. The van der Waals surface area contributed by atoms with Gasteiger partial charge < -0.3 is 0 Å². The Labute approximate surface area is 197 Å². The zero-order chi connectivity index (χ0) is 23.4. The molecule has 0 aromatic heterocycles. The molecule has 180 valence electrons. The summed E-state index contributed by atoms with van der Waals surface area (Å²) in [5, 5.41) is 0. The van der Waals surface area contributed by atoms with Crippen molar-refractivity contribution >= 4 is 8.80 Å². The van der Waals surface area contributed by atoms with Gasteiger partial charge in [-0.3, -0.25) is 0 Å². The first-order valence-corrected chi connectivity index (χ1v) is 15.3. The molecular weight excluding hydrogens is 440 g/mol. The van der Waals surface area contributed by atoms with Crippen LogP contribution < -0.4 is 0 Å². The Kier molecular flexibility index (Phi) is 8.32. The van der Waals surface area contributed by atoms with Crippen LogP contribution in [0, 0.1) is 35.1 Å². The minimum absolute atomic E-state index is 0.0190. The molecule has 0 bridgehead atoms. The molecule has 4 rings (SSSR count). The first-order valence-electron chi connectivity index (χ1n) is 12.9. The molecule has 2 aromatic carbocycles. The third kappa shape index (κ3) is 6.09. The van der Waals surface area contributed by atoms with E-state index in [0.29, 0.717) is 5.56 Å². The normalized spacial score (nSPS) is 25.8. The van der Waals surface area contributed by atoms with Gasteiger partial charge in [-0.25, -0.2) is 17.6 Å². The van der Waals surface area contributed by atoms with Crippen LogP contribution in [0.15, 0.2) is 30.3 Å². The van der Waals surface area contributed by atoms with Gasteiger partial charge >= 0.3 is 0 Å². The Bertz CT molecular complexity index is 904. The van der Waals surface area contributed by atoms with Crippen LogP contribution in [0.4, 0.5) is 17.6 Å². The highest BCUT2D eigenvalue weighted by atomic mass is 28.3. The summed E-state index contributed by atoms with van der Waals surface area (Å²) in [5.41, 5.74) is 0.419. The maximum Gasteiger partial charge on any atom is 0.159 e. The van der Waals surface area contributed by atoms with Gasteiger partial charge in [0.05, 0.1) is 5.56 Å². The van der Waals surface area contributed by atoms with Crippen LogP contribution in [0.5, 0.6) is 0 Å². The number of rotatable bonds is 7. The lowest BCUT2D eigenvalue weighted by Crippen LogP contribution is -2.22. The molecule has 0 unspecified atom stereocenters. The summed E-state index contributed by atoms with van der Waals surface area (Å²) in [7, 11) is -0.401. The molecule has 0 N–H and O–H groups in total. The minimum Gasteiger partial charge on any atom is -0.206 e. The van der Waals surface area contributed by atoms with E-state index < -0.39 is 32.1 Å². The van der Waals surface area contributed by atoms with Crippen molar-refractivity contribution in [2.75, 3.05) is 0 Å². The molecule has 2 aromatic rings. The van der Waals surface area contributed by atoms with Gasteiger partial charge in [-0.1, -0.05) is 63.2 Å². The number of halogens is 4. The van der Waals surface area contributed by atoms with Crippen LogP contribution in [-0.4, -0.2) is 8.80 Å². The Hall–Kier alpha value is -1.62. The predicted octanol–water partition coefficient (Wildman–Crippen LogP) is 9.01. The van der Waals surface area contributed by atoms with Crippen LogP contribution in [0.1, 0.15) is 76.2 Å². The molecule has 1 heterocycles. The van der Waals surface area contributed by atoms with E-state index in [1.807, 2.05) is 0 Å². The fraction of sp³-hybridized carbons (Fsp3) is 0.571. The zero-order valence-corrected chi connectivity index (χ0v) is 20.8. The molecule has 0 amide bonds. The van der Waals surface area contributed by atoms with Crippen molar-refractivity contribution in [2.24, 2.45) is 11.8 Å². The average Bonchev–Trinajstić information content (AvgIpc) is 2.81. The molecule has 0 radical (unpaired) electrons. The van der Waals surface area contributed by atoms with E-state index in [1.54, 1.807) is 12.1 Å². The van der Waals surface area contributed by atoms with Gasteiger partial charge in [-0.15, -0.1) is 0 Å². The quantitative estimate of drug-likeness (QED) is 0.276.